The second-order valence-electron chi connectivity index (χ2n) is 3.96. The van der Waals surface area contributed by atoms with Gasteiger partial charge in [-0.2, -0.15) is 0 Å². The highest BCUT2D eigenvalue weighted by molar-refractivity contribution is 7.93. The van der Waals surface area contributed by atoms with Gasteiger partial charge in [-0.1, -0.05) is 12.2 Å². The van der Waals surface area contributed by atoms with Gasteiger partial charge in [-0.3, -0.25) is 4.79 Å². The molecule has 6 nitrogen and oxygen atoms in total. The molecule has 0 rings (SSSR count). The fourth-order valence-corrected chi connectivity index (χ4v) is 2.30. The van der Waals surface area contributed by atoms with Gasteiger partial charge in [0, 0.05) is 19.0 Å². The summed E-state index contributed by atoms with van der Waals surface area (Å²) >= 11 is 4.60. The van der Waals surface area contributed by atoms with Crippen LogP contribution >= 0.6 is 12.2 Å². The maximum absolute atomic E-state index is 11.6. The molecular weight excluding hydrogens is 262 g/mol. The van der Waals surface area contributed by atoms with E-state index in [2.05, 4.69) is 22.3 Å². The molecule has 1 amide bonds. The van der Waals surface area contributed by atoms with Crippen LogP contribution in [0.25, 0.3) is 0 Å². The lowest BCUT2D eigenvalue weighted by atomic mass is 10.3. The molecule has 0 aromatic rings. The zero-order valence-corrected chi connectivity index (χ0v) is 11.8. The van der Waals surface area contributed by atoms with Crippen molar-refractivity contribution in [3.05, 3.63) is 0 Å². The van der Waals surface area contributed by atoms with E-state index in [1.807, 2.05) is 13.8 Å². The van der Waals surface area contributed by atoms with Crippen LogP contribution in [0.15, 0.2) is 0 Å². The number of sulfonamides is 1. The van der Waals surface area contributed by atoms with Crippen LogP contribution in [0, 0.1) is 0 Å². The standard InChI is InChI=1S/C9H19N3O3S2/c1-6(2)12-8(13)4-5-11-17(14,15)7(3)9(10)16/h6-7,11H,4-5H2,1-3H3,(H2,10,16)(H,12,13). The quantitative estimate of drug-likeness (QED) is 0.546. The van der Waals surface area contributed by atoms with Gasteiger partial charge in [-0.25, -0.2) is 13.1 Å². The van der Waals surface area contributed by atoms with Crippen molar-refractivity contribution in [2.75, 3.05) is 6.54 Å². The Labute approximate surface area is 107 Å². The number of nitrogens with two attached hydrogens (primary N) is 1. The minimum Gasteiger partial charge on any atom is -0.392 e. The number of carbonyl (C=O) groups is 1. The van der Waals surface area contributed by atoms with Crippen LogP contribution in [0.5, 0.6) is 0 Å². The molecule has 0 saturated carbocycles. The molecule has 0 saturated heterocycles. The first-order valence-corrected chi connectivity index (χ1v) is 7.19. The third-order valence-corrected chi connectivity index (χ3v) is 4.27. The Balaban J connectivity index is 4.13. The number of rotatable bonds is 7. The van der Waals surface area contributed by atoms with E-state index in [0.29, 0.717) is 0 Å². The lowest BCUT2D eigenvalue weighted by molar-refractivity contribution is -0.121. The van der Waals surface area contributed by atoms with Gasteiger partial charge in [-0.05, 0) is 20.8 Å². The molecule has 0 aromatic heterocycles. The molecule has 0 radical (unpaired) electrons. The van der Waals surface area contributed by atoms with Crippen LogP contribution in [0.2, 0.25) is 0 Å². The van der Waals surface area contributed by atoms with Gasteiger partial charge in [0.05, 0.1) is 4.99 Å². The van der Waals surface area contributed by atoms with Gasteiger partial charge in [0.15, 0.2) is 0 Å². The van der Waals surface area contributed by atoms with E-state index in [4.69, 9.17) is 5.73 Å². The number of amides is 1. The largest absolute Gasteiger partial charge is 0.392 e. The highest BCUT2D eigenvalue weighted by Crippen LogP contribution is 1.98. The van der Waals surface area contributed by atoms with Gasteiger partial charge < -0.3 is 11.1 Å². The predicted molar refractivity (Wildman–Crippen MR) is 71.1 cm³/mol. The summed E-state index contributed by atoms with van der Waals surface area (Å²) < 4.78 is 25.4. The Kier molecular flexibility index (Phi) is 6.58. The van der Waals surface area contributed by atoms with Gasteiger partial charge in [0.25, 0.3) is 0 Å². The first-order valence-electron chi connectivity index (χ1n) is 5.24. The summed E-state index contributed by atoms with van der Waals surface area (Å²) in [4.78, 5) is 11.2. The molecule has 4 N–H and O–H groups in total. The number of nitrogens with one attached hydrogen (secondary N) is 2. The summed E-state index contributed by atoms with van der Waals surface area (Å²) in [5.41, 5.74) is 5.25. The Bertz CT molecular complexity index is 379. The molecule has 0 aromatic carbocycles. The summed E-state index contributed by atoms with van der Waals surface area (Å²) in [5.74, 6) is -0.203. The average Bonchev–Trinajstić information content (AvgIpc) is 2.14. The number of carbonyl (C=O) groups excluding carboxylic acids is 1. The van der Waals surface area contributed by atoms with E-state index in [1.165, 1.54) is 6.92 Å². The lowest BCUT2D eigenvalue weighted by Crippen LogP contribution is -2.41. The second kappa shape index (κ2) is 6.87. The average molecular weight is 281 g/mol. The maximum Gasteiger partial charge on any atom is 0.221 e. The normalized spacial score (nSPS) is 13.4. The van der Waals surface area contributed by atoms with Gasteiger partial charge in [0.2, 0.25) is 15.9 Å². The van der Waals surface area contributed by atoms with Crippen molar-refractivity contribution in [1.29, 1.82) is 0 Å². The smallest absolute Gasteiger partial charge is 0.221 e. The molecule has 0 heterocycles. The Morgan fingerprint density at radius 3 is 2.29 bits per heavy atom. The third-order valence-electron chi connectivity index (χ3n) is 1.97. The third kappa shape index (κ3) is 6.54. The van der Waals surface area contributed by atoms with E-state index in [-0.39, 0.29) is 29.9 Å². The Hall–Kier alpha value is -0.730. The van der Waals surface area contributed by atoms with E-state index in [0.717, 1.165) is 0 Å². The van der Waals surface area contributed by atoms with Gasteiger partial charge in [-0.15, -0.1) is 0 Å². The van der Waals surface area contributed by atoms with Crippen molar-refractivity contribution in [1.82, 2.24) is 10.0 Å². The highest BCUT2D eigenvalue weighted by Gasteiger charge is 2.22. The SMILES string of the molecule is CC(C)NC(=O)CCNS(=O)(=O)C(C)C(N)=S. The molecule has 100 valence electrons. The second-order valence-corrected chi connectivity index (χ2v) is 6.51. The zero-order valence-electron chi connectivity index (χ0n) is 10.2. The Morgan fingerprint density at radius 1 is 1.35 bits per heavy atom. The molecule has 1 unspecified atom stereocenters. The van der Waals surface area contributed by atoms with Crippen molar-refractivity contribution in [3.63, 3.8) is 0 Å². The van der Waals surface area contributed by atoms with Crippen LogP contribution in [-0.4, -0.2) is 37.2 Å². The topological polar surface area (TPSA) is 101 Å². The molecule has 0 aliphatic heterocycles. The summed E-state index contributed by atoms with van der Waals surface area (Å²) in [6.45, 7) is 5.10. The van der Waals surface area contributed by atoms with Crippen LogP contribution < -0.4 is 15.8 Å². The molecular formula is C9H19N3O3S2. The van der Waals surface area contributed by atoms with E-state index in [1.54, 1.807) is 0 Å². The lowest BCUT2D eigenvalue weighted by Gasteiger charge is -2.13. The van der Waals surface area contributed by atoms with Crippen LogP contribution in [0.1, 0.15) is 27.2 Å². The zero-order chi connectivity index (χ0) is 13.6. The van der Waals surface area contributed by atoms with Crippen LogP contribution in [-0.2, 0) is 14.8 Å². The van der Waals surface area contributed by atoms with Gasteiger partial charge in [0.1, 0.15) is 5.25 Å². The molecule has 1 atom stereocenters. The summed E-state index contributed by atoms with van der Waals surface area (Å²) in [5, 5.41) is 1.72. The van der Waals surface area contributed by atoms with Crippen molar-refractivity contribution in [3.8, 4) is 0 Å². The van der Waals surface area contributed by atoms with Crippen molar-refractivity contribution < 1.29 is 13.2 Å². The fourth-order valence-electron chi connectivity index (χ4n) is 0.979. The highest BCUT2D eigenvalue weighted by atomic mass is 32.2. The van der Waals surface area contributed by atoms with Crippen molar-refractivity contribution >= 4 is 33.1 Å². The maximum atomic E-state index is 11.6. The Morgan fingerprint density at radius 2 is 1.88 bits per heavy atom. The molecule has 0 bridgehead atoms. The molecule has 0 aliphatic rings. The molecule has 0 fully saturated rings. The van der Waals surface area contributed by atoms with E-state index in [9.17, 15) is 13.2 Å². The fraction of sp³-hybridized carbons (Fsp3) is 0.778. The monoisotopic (exact) mass is 281 g/mol. The number of hydrogen-bond donors (Lipinski definition) is 3. The first kappa shape index (κ1) is 16.3. The van der Waals surface area contributed by atoms with Gasteiger partial charge >= 0.3 is 0 Å². The number of thiocarbonyl (C=S) groups is 1. The van der Waals surface area contributed by atoms with Crippen LogP contribution in [0.4, 0.5) is 0 Å². The molecule has 0 aliphatic carbocycles. The summed E-state index contributed by atoms with van der Waals surface area (Å²) in [7, 11) is -3.58. The first-order chi connectivity index (χ1) is 7.66. The summed E-state index contributed by atoms with van der Waals surface area (Å²) in [6.07, 6.45) is 0.0848. The molecule has 17 heavy (non-hydrogen) atoms. The minimum atomic E-state index is -3.58. The number of hydrogen-bond acceptors (Lipinski definition) is 4. The molecule has 8 heteroatoms. The van der Waals surface area contributed by atoms with Crippen molar-refractivity contribution in [2.24, 2.45) is 5.73 Å². The van der Waals surface area contributed by atoms with Crippen molar-refractivity contribution in [2.45, 2.75) is 38.5 Å². The van der Waals surface area contributed by atoms with E-state index >= 15 is 0 Å². The van der Waals surface area contributed by atoms with Crippen LogP contribution in [0.3, 0.4) is 0 Å². The summed E-state index contributed by atoms with van der Waals surface area (Å²) in [6, 6.07) is 0.0367. The minimum absolute atomic E-state index is 0.0356. The molecule has 0 spiro atoms. The van der Waals surface area contributed by atoms with E-state index < -0.39 is 15.3 Å². The predicted octanol–water partition coefficient (Wildman–Crippen LogP) is -0.505.